The molecule has 5 nitrogen and oxygen atoms in total. The molecule has 0 unspecified atom stereocenters. The van der Waals surface area contributed by atoms with Crippen molar-refractivity contribution < 1.29 is 18.7 Å². The topological polar surface area (TPSA) is 68.0 Å². The summed E-state index contributed by atoms with van der Waals surface area (Å²) in [6.45, 7) is 0.764. The Bertz CT molecular complexity index is 673. The van der Waals surface area contributed by atoms with E-state index in [1.807, 2.05) is 0 Å². The maximum absolute atomic E-state index is 12.7. The summed E-state index contributed by atoms with van der Waals surface area (Å²) in [7, 11) is 0. The highest BCUT2D eigenvalue weighted by Gasteiger charge is 2.18. The maximum Gasteiger partial charge on any atom is 0.338 e. The molecule has 0 bridgehead atoms. The first kappa shape index (κ1) is 15.4. The van der Waals surface area contributed by atoms with Gasteiger partial charge in [0.1, 0.15) is 10.9 Å². The molecule has 8 heteroatoms. The van der Waals surface area contributed by atoms with Gasteiger partial charge < -0.3 is 5.11 Å². The van der Waals surface area contributed by atoms with Crippen LogP contribution in [0.2, 0.25) is 0 Å². The van der Waals surface area contributed by atoms with E-state index >= 15 is 0 Å². The summed E-state index contributed by atoms with van der Waals surface area (Å²) in [5.41, 5.74) is 1.37. The lowest BCUT2D eigenvalue weighted by Gasteiger charge is -2.10. The Morgan fingerprint density at radius 3 is 2.81 bits per heavy atom. The number of aromatic nitrogens is 3. The molecular formula is C13H13F2N3O2S. The summed E-state index contributed by atoms with van der Waals surface area (Å²) < 4.78 is 26.2. The number of rotatable bonds is 5. The van der Waals surface area contributed by atoms with Crippen LogP contribution in [0.15, 0.2) is 23.5 Å². The summed E-state index contributed by atoms with van der Waals surface area (Å²) in [6, 6.07) is 1.67. The lowest BCUT2D eigenvalue weighted by molar-refractivity contribution is 0.0673. The van der Waals surface area contributed by atoms with Gasteiger partial charge in [0.25, 0.3) is 0 Å². The molecule has 0 saturated carbocycles. The smallest absolute Gasteiger partial charge is 0.338 e. The predicted molar refractivity (Wildman–Crippen MR) is 73.7 cm³/mol. The highest BCUT2D eigenvalue weighted by molar-refractivity contribution is 7.98. The number of hydrogen-bond donors (Lipinski definition) is 1. The van der Waals surface area contributed by atoms with E-state index in [4.69, 9.17) is 0 Å². The predicted octanol–water partition coefficient (Wildman–Crippen LogP) is 3.28. The van der Waals surface area contributed by atoms with Crippen LogP contribution in [0.3, 0.4) is 0 Å². The average Bonchev–Trinajstić information content (AvgIpc) is 2.83. The van der Waals surface area contributed by atoms with Crippen molar-refractivity contribution in [3.63, 3.8) is 0 Å². The van der Waals surface area contributed by atoms with Gasteiger partial charge in [-0.05, 0) is 25.5 Å². The van der Waals surface area contributed by atoms with Gasteiger partial charge in [-0.25, -0.2) is 14.8 Å². The molecule has 0 atom stereocenters. The van der Waals surface area contributed by atoms with E-state index in [9.17, 15) is 18.7 Å². The maximum atomic E-state index is 12.7. The lowest BCUT2D eigenvalue weighted by Crippen LogP contribution is -2.07. The van der Waals surface area contributed by atoms with Gasteiger partial charge in [-0.2, -0.15) is 8.78 Å². The second kappa shape index (κ2) is 6.21. The molecule has 0 radical (unpaired) electrons. The van der Waals surface area contributed by atoms with E-state index in [2.05, 4.69) is 9.97 Å². The van der Waals surface area contributed by atoms with Gasteiger partial charge in [-0.1, -0.05) is 11.8 Å². The van der Waals surface area contributed by atoms with Crippen LogP contribution in [-0.4, -0.2) is 25.6 Å². The first-order chi connectivity index (χ1) is 9.90. The Labute approximate surface area is 124 Å². The van der Waals surface area contributed by atoms with Crippen LogP contribution in [0, 0.1) is 13.8 Å². The van der Waals surface area contributed by atoms with Gasteiger partial charge in [-0.3, -0.25) is 4.57 Å². The van der Waals surface area contributed by atoms with Gasteiger partial charge >= 0.3 is 12.5 Å². The van der Waals surface area contributed by atoms with Crippen LogP contribution in [0.25, 0.3) is 0 Å². The summed E-state index contributed by atoms with van der Waals surface area (Å²) >= 11 is 1.08. The van der Waals surface area contributed by atoms with E-state index in [1.54, 1.807) is 19.9 Å². The molecule has 0 amide bonds. The molecular weight excluding hydrogens is 300 g/mol. The van der Waals surface area contributed by atoms with Crippen molar-refractivity contribution in [3.05, 3.63) is 41.1 Å². The fourth-order valence-electron chi connectivity index (χ4n) is 1.93. The Morgan fingerprint density at radius 2 is 2.19 bits per heavy atom. The van der Waals surface area contributed by atoms with Crippen molar-refractivity contribution in [2.75, 3.05) is 0 Å². The molecule has 2 aromatic heterocycles. The largest absolute Gasteiger partial charge is 0.478 e. The van der Waals surface area contributed by atoms with E-state index in [0.717, 1.165) is 16.3 Å². The molecule has 0 saturated heterocycles. The van der Waals surface area contributed by atoms with Crippen LogP contribution in [0.5, 0.6) is 0 Å². The molecule has 21 heavy (non-hydrogen) atoms. The zero-order chi connectivity index (χ0) is 15.6. The van der Waals surface area contributed by atoms with E-state index in [0.29, 0.717) is 16.3 Å². The molecule has 2 heterocycles. The number of carboxylic acids is 1. The number of hydrogen-bond acceptors (Lipinski definition) is 4. The number of alkyl halides is 2. The lowest BCUT2D eigenvalue weighted by atomic mass is 10.1. The molecule has 2 aromatic rings. The highest BCUT2D eigenvalue weighted by atomic mass is 32.2. The van der Waals surface area contributed by atoms with E-state index < -0.39 is 12.5 Å². The minimum atomic E-state index is -2.67. The fourth-order valence-corrected chi connectivity index (χ4v) is 3.02. The van der Waals surface area contributed by atoms with Crippen molar-refractivity contribution in [2.45, 2.75) is 31.2 Å². The second-order valence-electron chi connectivity index (χ2n) is 4.38. The first-order valence-corrected chi connectivity index (χ1v) is 7.03. The molecule has 0 aliphatic rings. The minimum absolute atomic E-state index is 0.0979. The Morgan fingerprint density at radius 1 is 1.48 bits per heavy atom. The first-order valence-electron chi connectivity index (χ1n) is 6.04. The van der Waals surface area contributed by atoms with Crippen molar-refractivity contribution in [1.82, 2.24) is 14.5 Å². The Kier molecular flexibility index (Phi) is 4.56. The Hall–Kier alpha value is -1.96. The second-order valence-corrected chi connectivity index (χ2v) is 5.35. The third-order valence-corrected chi connectivity index (χ3v) is 3.79. The van der Waals surface area contributed by atoms with Crippen LogP contribution in [-0.2, 0) is 5.75 Å². The number of nitrogens with zero attached hydrogens (tertiary/aromatic N) is 3. The van der Waals surface area contributed by atoms with Crippen LogP contribution in [0.4, 0.5) is 8.78 Å². The molecule has 1 N–H and O–H groups in total. The monoisotopic (exact) mass is 313 g/mol. The number of imidazole rings is 1. The SMILES string of the molecule is Cc1cc(C)c(C(=O)O)c(SCc2nccn2C(F)F)n1. The highest BCUT2D eigenvalue weighted by Crippen LogP contribution is 2.27. The number of carbonyl (C=O) groups is 1. The van der Waals surface area contributed by atoms with E-state index in [-0.39, 0.29) is 17.1 Å². The third-order valence-electron chi connectivity index (χ3n) is 2.82. The minimum Gasteiger partial charge on any atom is -0.478 e. The Balaban J connectivity index is 2.28. The van der Waals surface area contributed by atoms with Crippen molar-refractivity contribution in [1.29, 1.82) is 0 Å². The van der Waals surface area contributed by atoms with Crippen molar-refractivity contribution in [3.8, 4) is 0 Å². The molecule has 0 aromatic carbocycles. The summed E-state index contributed by atoms with van der Waals surface area (Å²) in [4.78, 5) is 19.3. The number of pyridine rings is 1. The van der Waals surface area contributed by atoms with Crippen LogP contribution >= 0.6 is 11.8 Å². The van der Waals surface area contributed by atoms with Crippen molar-refractivity contribution >= 4 is 17.7 Å². The van der Waals surface area contributed by atoms with Gasteiger partial charge in [0.05, 0.1) is 11.3 Å². The summed E-state index contributed by atoms with van der Waals surface area (Å²) in [5, 5.41) is 9.55. The van der Waals surface area contributed by atoms with Gasteiger partial charge in [0.2, 0.25) is 0 Å². The number of carboxylic acid groups (broad SMARTS) is 1. The molecule has 0 fully saturated rings. The zero-order valence-corrected chi connectivity index (χ0v) is 12.2. The summed E-state index contributed by atoms with van der Waals surface area (Å²) in [5.74, 6) is -0.792. The molecule has 0 aliphatic heterocycles. The zero-order valence-electron chi connectivity index (χ0n) is 11.4. The third kappa shape index (κ3) is 3.38. The van der Waals surface area contributed by atoms with Gasteiger partial charge in [0.15, 0.2) is 0 Å². The van der Waals surface area contributed by atoms with Crippen molar-refractivity contribution in [2.24, 2.45) is 0 Å². The fraction of sp³-hybridized carbons (Fsp3) is 0.308. The molecule has 112 valence electrons. The summed E-state index contributed by atoms with van der Waals surface area (Å²) in [6.07, 6.45) is 2.47. The van der Waals surface area contributed by atoms with Crippen LogP contribution < -0.4 is 0 Å². The van der Waals surface area contributed by atoms with Gasteiger partial charge in [-0.15, -0.1) is 0 Å². The van der Waals surface area contributed by atoms with Gasteiger partial charge in [0, 0.05) is 18.1 Å². The molecule has 0 spiro atoms. The standard InChI is InChI=1S/C13H13F2N3O2S/c1-7-5-8(2)17-11(10(7)12(19)20)21-6-9-16-3-4-18(9)13(14)15/h3-5,13H,6H2,1-2H3,(H,19,20). The van der Waals surface area contributed by atoms with E-state index in [1.165, 1.54) is 12.4 Å². The number of aryl methyl sites for hydroxylation is 2. The number of aromatic carboxylic acids is 1. The number of halogens is 2. The number of thioether (sulfide) groups is 1. The molecule has 2 rings (SSSR count). The molecule has 0 aliphatic carbocycles. The normalized spacial score (nSPS) is 11.1. The average molecular weight is 313 g/mol. The van der Waals surface area contributed by atoms with Crippen LogP contribution in [0.1, 0.15) is 34.0 Å². The quantitative estimate of drug-likeness (QED) is 0.858.